The number of hydrogen-bond donors (Lipinski definition) is 1. The van der Waals surface area contributed by atoms with Gasteiger partial charge in [-0.3, -0.25) is 4.79 Å². The summed E-state index contributed by atoms with van der Waals surface area (Å²) in [5, 5.41) is 2.38. The van der Waals surface area contributed by atoms with Crippen LogP contribution in [0, 0.1) is 0 Å². The Hall–Kier alpha value is -1.66. The van der Waals surface area contributed by atoms with E-state index in [2.05, 4.69) is 26.1 Å². The first kappa shape index (κ1) is 20.6. The molecule has 0 aromatic heterocycles. The van der Waals surface area contributed by atoms with Gasteiger partial charge in [-0.25, -0.2) is 0 Å². The van der Waals surface area contributed by atoms with Crippen molar-refractivity contribution < 1.29 is 18.0 Å². The average molecular weight is 402 g/mol. The number of thioether (sulfide) groups is 1. The van der Waals surface area contributed by atoms with Gasteiger partial charge in [-0.05, 0) is 41.3 Å². The maximum atomic E-state index is 12.9. The minimum Gasteiger partial charge on any atom is -0.325 e. The van der Waals surface area contributed by atoms with Gasteiger partial charge in [0, 0.05) is 10.6 Å². The smallest absolute Gasteiger partial charge is 0.325 e. The van der Waals surface area contributed by atoms with Crippen molar-refractivity contribution in [3.05, 3.63) is 58.6 Å². The average Bonchev–Trinajstić information content (AvgIpc) is 2.52. The van der Waals surface area contributed by atoms with Crippen molar-refractivity contribution in [1.29, 1.82) is 0 Å². The van der Waals surface area contributed by atoms with Gasteiger partial charge in [0.2, 0.25) is 5.91 Å². The molecular formula is C19H19ClF3NOS. The SMILES string of the molecule is CC(C)(C)c1ccc(NC(=O)CSc2ccc(Cl)c(C(F)(F)F)c2)cc1. The van der Waals surface area contributed by atoms with E-state index in [4.69, 9.17) is 11.6 Å². The molecule has 0 aliphatic heterocycles. The van der Waals surface area contributed by atoms with E-state index in [0.717, 1.165) is 23.4 Å². The first-order valence-electron chi connectivity index (χ1n) is 7.87. The molecule has 0 saturated carbocycles. The minimum absolute atomic E-state index is 0.0000478. The molecule has 7 heteroatoms. The largest absolute Gasteiger partial charge is 0.417 e. The fraction of sp³-hybridized carbons (Fsp3) is 0.316. The van der Waals surface area contributed by atoms with Gasteiger partial charge < -0.3 is 5.32 Å². The van der Waals surface area contributed by atoms with E-state index in [1.54, 1.807) is 0 Å². The lowest BCUT2D eigenvalue weighted by atomic mass is 9.87. The van der Waals surface area contributed by atoms with Crippen molar-refractivity contribution in [3.63, 3.8) is 0 Å². The lowest BCUT2D eigenvalue weighted by Gasteiger charge is -2.19. The maximum absolute atomic E-state index is 12.9. The van der Waals surface area contributed by atoms with Gasteiger partial charge in [0.15, 0.2) is 0 Å². The maximum Gasteiger partial charge on any atom is 0.417 e. The van der Waals surface area contributed by atoms with E-state index in [-0.39, 0.29) is 22.1 Å². The number of benzene rings is 2. The molecule has 2 aromatic carbocycles. The molecule has 0 spiro atoms. The third kappa shape index (κ3) is 5.68. The number of nitrogens with one attached hydrogen (secondary N) is 1. The number of carbonyl (C=O) groups excluding carboxylic acids is 1. The number of hydrogen-bond acceptors (Lipinski definition) is 2. The molecule has 0 heterocycles. The van der Waals surface area contributed by atoms with Gasteiger partial charge in [0.05, 0.1) is 16.3 Å². The Bertz CT molecular complexity index is 783. The number of carbonyl (C=O) groups is 1. The van der Waals surface area contributed by atoms with Crippen LogP contribution in [0.5, 0.6) is 0 Å². The molecule has 0 aliphatic carbocycles. The summed E-state index contributed by atoms with van der Waals surface area (Å²) in [5.41, 5.74) is 0.909. The number of halogens is 4. The van der Waals surface area contributed by atoms with Crippen molar-refractivity contribution in [2.24, 2.45) is 0 Å². The highest BCUT2D eigenvalue weighted by Gasteiger charge is 2.33. The van der Waals surface area contributed by atoms with E-state index in [9.17, 15) is 18.0 Å². The van der Waals surface area contributed by atoms with Crippen molar-refractivity contribution >= 4 is 35.0 Å². The highest BCUT2D eigenvalue weighted by molar-refractivity contribution is 8.00. The summed E-state index contributed by atoms with van der Waals surface area (Å²) in [6.07, 6.45) is -4.52. The molecule has 140 valence electrons. The molecule has 0 radical (unpaired) electrons. The van der Waals surface area contributed by atoms with Crippen LogP contribution >= 0.6 is 23.4 Å². The predicted molar refractivity (Wildman–Crippen MR) is 101 cm³/mol. The number of rotatable bonds is 4. The summed E-state index contributed by atoms with van der Waals surface area (Å²) in [6, 6.07) is 11.1. The van der Waals surface area contributed by atoms with Gasteiger partial charge in [-0.2, -0.15) is 13.2 Å². The zero-order chi connectivity index (χ0) is 19.5. The summed E-state index contributed by atoms with van der Waals surface area (Å²) in [4.78, 5) is 12.4. The molecule has 1 N–H and O–H groups in total. The topological polar surface area (TPSA) is 29.1 Å². The fourth-order valence-electron chi connectivity index (χ4n) is 2.21. The lowest BCUT2D eigenvalue weighted by Crippen LogP contribution is -2.15. The van der Waals surface area contributed by atoms with Crippen LogP contribution in [0.4, 0.5) is 18.9 Å². The van der Waals surface area contributed by atoms with E-state index in [0.29, 0.717) is 10.6 Å². The van der Waals surface area contributed by atoms with E-state index in [1.165, 1.54) is 12.1 Å². The zero-order valence-electron chi connectivity index (χ0n) is 14.6. The normalized spacial score (nSPS) is 12.1. The van der Waals surface area contributed by atoms with Crippen LogP contribution in [0.1, 0.15) is 31.9 Å². The molecule has 0 unspecified atom stereocenters. The van der Waals surface area contributed by atoms with Crippen LogP contribution in [0.15, 0.2) is 47.4 Å². The molecular weight excluding hydrogens is 383 g/mol. The second-order valence-electron chi connectivity index (χ2n) is 6.80. The second kappa shape index (κ2) is 7.92. The van der Waals surface area contributed by atoms with E-state index < -0.39 is 11.7 Å². The van der Waals surface area contributed by atoms with Crippen LogP contribution in [0.2, 0.25) is 5.02 Å². The van der Waals surface area contributed by atoms with Crippen molar-refractivity contribution in [2.75, 3.05) is 11.1 Å². The van der Waals surface area contributed by atoms with Crippen molar-refractivity contribution in [1.82, 2.24) is 0 Å². The molecule has 2 nitrogen and oxygen atoms in total. The van der Waals surface area contributed by atoms with Gasteiger partial charge in [-0.15, -0.1) is 11.8 Å². The Morgan fingerprint density at radius 2 is 1.69 bits per heavy atom. The highest BCUT2D eigenvalue weighted by Crippen LogP contribution is 2.37. The Labute approximate surface area is 160 Å². The van der Waals surface area contributed by atoms with Crippen molar-refractivity contribution in [3.8, 4) is 0 Å². The molecule has 0 fully saturated rings. The summed E-state index contributed by atoms with van der Waals surface area (Å²) < 4.78 is 38.6. The van der Waals surface area contributed by atoms with Crippen LogP contribution < -0.4 is 5.32 Å². The minimum atomic E-state index is -4.52. The molecule has 26 heavy (non-hydrogen) atoms. The third-order valence-corrected chi connectivity index (χ3v) is 4.97. The van der Waals surface area contributed by atoms with Crippen LogP contribution in [-0.2, 0) is 16.4 Å². The fourth-order valence-corrected chi connectivity index (χ4v) is 3.17. The molecule has 2 rings (SSSR count). The summed E-state index contributed by atoms with van der Waals surface area (Å²) in [5.74, 6) is -0.290. The van der Waals surface area contributed by atoms with Gasteiger partial charge in [-0.1, -0.05) is 44.5 Å². The quantitative estimate of drug-likeness (QED) is 0.601. The molecule has 0 bridgehead atoms. The zero-order valence-corrected chi connectivity index (χ0v) is 16.1. The third-order valence-electron chi connectivity index (χ3n) is 3.65. The number of amides is 1. The summed E-state index contributed by atoms with van der Waals surface area (Å²) in [7, 11) is 0. The Morgan fingerprint density at radius 1 is 1.08 bits per heavy atom. The predicted octanol–water partition coefficient (Wildman–Crippen LogP) is 6.39. The van der Waals surface area contributed by atoms with Crippen LogP contribution in [0.25, 0.3) is 0 Å². The lowest BCUT2D eigenvalue weighted by molar-refractivity contribution is -0.137. The monoisotopic (exact) mass is 401 g/mol. The first-order chi connectivity index (χ1) is 12.0. The van der Waals surface area contributed by atoms with E-state index >= 15 is 0 Å². The second-order valence-corrected chi connectivity index (χ2v) is 8.26. The molecule has 1 amide bonds. The van der Waals surface area contributed by atoms with Crippen LogP contribution in [-0.4, -0.2) is 11.7 Å². The molecule has 0 atom stereocenters. The van der Waals surface area contributed by atoms with Gasteiger partial charge in [0.1, 0.15) is 0 Å². The summed E-state index contributed by atoms with van der Waals surface area (Å²) >= 11 is 6.61. The molecule has 0 saturated heterocycles. The van der Waals surface area contributed by atoms with Crippen molar-refractivity contribution in [2.45, 2.75) is 37.3 Å². The highest BCUT2D eigenvalue weighted by atomic mass is 35.5. The van der Waals surface area contributed by atoms with E-state index in [1.807, 2.05) is 24.3 Å². The molecule has 2 aromatic rings. The first-order valence-corrected chi connectivity index (χ1v) is 9.23. The van der Waals surface area contributed by atoms with Gasteiger partial charge >= 0.3 is 6.18 Å². The van der Waals surface area contributed by atoms with Gasteiger partial charge in [0.25, 0.3) is 0 Å². The Morgan fingerprint density at radius 3 is 2.23 bits per heavy atom. The summed E-state index contributed by atoms with van der Waals surface area (Å²) in [6.45, 7) is 6.29. The standard InChI is InChI=1S/C19H19ClF3NOS/c1-18(2,3)12-4-6-13(7-5-12)24-17(25)11-26-14-8-9-16(20)15(10-14)19(21,22)23/h4-10H,11H2,1-3H3,(H,24,25). The number of alkyl halides is 3. The Balaban J connectivity index is 1.97. The molecule has 0 aliphatic rings. The number of anilines is 1. The Kier molecular flexibility index (Phi) is 6.29. The van der Waals surface area contributed by atoms with Crippen LogP contribution in [0.3, 0.4) is 0 Å².